The van der Waals surface area contributed by atoms with Crippen molar-refractivity contribution in [1.82, 2.24) is 9.97 Å². The molecule has 130 valence electrons. The van der Waals surface area contributed by atoms with Crippen LogP contribution in [0.1, 0.15) is 41.0 Å². The van der Waals surface area contributed by atoms with E-state index >= 15 is 0 Å². The Hall–Kier alpha value is -2.67. The summed E-state index contributed by atoms with van der Waals surface area (Å²) in [5.41, 5.74) is 10.9. The number of aromatic nitrogens is 2. The zero-order valence-electron chi connectivity index (χ0n) is 13.7. The van der Waals surface area contributed by atoms with Crippen LogP contribution in [-0.4, -0.2) is 15.7 Å². The van der Waals surface area contributed by atoms with Crippen LogP contribution in [0.3, 0.4) is 0 Å². The number of nitrogens with zero attached hydrogens (tertiary/aromatic N) is 2. The highest BCUT2D eigenvalue weighted by Gasteiger charge is 2.52. The van der Waals surface area contributed by atoms with Crippen LogP contribution >= 0.6 is 15.9 Å². The summed E-state index contributed by atoms with van der Waals surface area (Å²) in [6.07, 6.45) is 5.88. The van der Waals surface area contributed by atoms with E-state index in [-0.39, 0.29) is 11.8 Å². The monoisotopic (exact) mass is 409 g/mol. The number of nitrogens with two attached hydrogens (primary N) is 1. The normalized spacial score (nSPS) is 22.6. The van der Waals surface area contributed by atoms with Gasteiger partial charge in [0.2, 0.25) is 0 Å². The number of anilines is 2. The van der Waals surface area contributed by atoms with Crippen molar-refractivity contribution in [1.29, 1.82) is 5.41 Å². The number of benzene rings is 1. The van der Waals surface area contributed by atoms with E-state index in [0.29, 0.717) is 28.8 Å². The molecule has 3 atom stereocenters. The average Bonchev–Trinajstić information content (AvgIpc) is 3.11. The van der Waals surface area contributed by atoms with Crippen molar-refractivity contribution in [3.8, 4) is 0 Å². The van der Waals surface area contributed by atoms with Crippen molar-refractivity contribution in [2.75, 3.05) is 11.1 Å². The van der Waals surface area contributed by atoms with Crippen molar-refractivity contribution in [3.05, 3.63) is 70.1 Å². The van der Waals surface area contributed by atoms with Crippen LogP contribution in [0, 0.1) is 11.3 Å². The molecule has 0 radical (unpaired) electrons. The van der Waals surface area contributed by atoms with Gasteiger partial charge in [0.1, 0.15) is 5.71 Å². The fourth-order valence-corrected chi connectivity index (χ4v) is 4.20. The Bertz CT molecular complexity index is 1020. The summed E-state index contributed by atoms with van der Waals surface area (Å²) in [5, 5.41) is 11.9. The molecule has 0 spiro atoms. The molecule has 0 amide bonds. The topological polar surface area (TPSA) is 101 Å². The molecule has 0 bridgehead atoms. The first-order valence-electron chi connectivity index (χ1n) is 8.41. The van der Waals surface area contributed by atoms with Crippen LogP contribution in [0.5, 0.6) is 0 Å². The number of oxazole rings is 1. The zero-order valence-corrected chi connectivity index (χ0v) is 15.3. The fraction of sp³-hybridized carbons (Fsp3) is 0.211. The molecule has 26 heavy (non-hydrogen) atoms. The molecule has 1 aromatic carbocycles. The van der Waals surface area contributed by atoms with Gasteiger partial charge < -0.3 is 15.5 Å². The second kappa shape index (κ2) is 5.67. The van der Waals surface area contributed by atoms with E-state index in [1.807, 2.05) is 24.4 Å². The van der Waals surface area contributed by atoms with E-state index < -0.39 is 0 Å². The molecule has 0 saturated heterocycles. The third-order valence-electron chi connectivity index (χ3n) is 5.20. The Morgan fingerprint density at radius 3 is 3.00 bits per heavy atom. The molecule has 6 nitrogen and oxygen atoms in total. The fourth-order valence-electron chi connectivity index (χ4n) is 3.86. The van der Waals surface area contributed by atoms with Gasteiger partial charge in [-0.2, -0.15) is 0 Å². The largest absolute Gasteiger partial charge is 0.442 e. The number of rotatable bonds is 4. The summed E-state index contributed by atoms with van der Waals surface area (Å²) in [6.45, 7) is 0. The molecule has 4 N–H and O–H groups in total. The van der Waals surface area contributed by atoms with Crippen LogP contribution in [0.15, 0.2) is 51.9 Å². The van der Waals surface area contributed by atoms with Gasteiger partial charge in [0.15, 0.2) is 12.2 Å². The molecule has 1 fully saturated rings. The first-order chi connectivity index (χ1) is 12.6. The molecule has 2 heterocycles. The maximum Gasteiger partial charge on any atom is 0.181 e. The van der Waals surface area contributed by atoms with Crippen molar-refractivity contribution >= 4 is 33.0 Å². The second-order valence-corrected chi connectivity index (χ2v) is 7.71. The van der Waals surface area contributed by atoms with Gasteiger partial charge in [0, 0.05) is 27.6 Å². The average molecular weight is 410 g/mol. The molecular formula is C19H16BrN5O. The van der Waals surface area contributed by atoms with E-state index in [0.717, 1.165) is 15.9 Å². The number of hydrogen-bond donors (Lipinski definition) is 3. The smallest absolute Gasteiger partial charge is 0.181 e. The van der Waals surface area contributed by atoms with Gasteiger partial charge in [0.25, 0.3) is 0 Å². The predicted molar refractivity (Wildman–Crippen MR) is 102 cm³/mol. The number of hydrogen-bond acceptors (Lipinski definition) is 6. The van der Waals surface area contributed by atoms with Gasteiger partial charge in [0.05, 0.1) is 17.9 Å². The van der Waals surface area contributed by atoms with Crippen LogP contribution in [0.4, 0.5) is 11.4 Å². The third kappa shape index (κ3) is 2.42. The zero-order chi connectivity index (χ0) is 17.8. The molecule has 0 aliphatic heterocycles. The molecule has 3 aromatic rings. The predicted octanol–water partition coefficient (Wildman–Crippen LogP) is 4.10. The van der Waals surface area contributed by atoms with E-state index in [4.69, 9.17) is 15.6 Å². The highest BCUT2D eigenvalue weighted by atomic mass is 79.9. The molecule has 7 heteroatoms. The van der Waals surface area contributed by atoms with Crippen LogP contribution in [0.2, 0.25) is 0 Å². The molecule has 2 aliphatic carbocycles. The minimum atomic E-state index is 0.194. The number of pyridine rings is 1. The van der Waals surface area contributed by atoms with Crippen LogP contribution in [0.25, 0.3) is 0 Å². The van der Waals surface area contributed by atoms with Gasteiger partial charge >= 0.3 is 0 Å². The molecule has 3 unspecified atom stereocenters. The molecule has 1 saturated carbocycles. The summed E-state index contributed by atoms with van der Waals surface area (Å²) in [7, 11) is 0. The highest BCUT2D eigenvalue weighted by Crippen LogP contribution is 2.62. The third-order valence-corrected chi connectivity index (χ3v) is 5.64. The Balaban J connectivity index is 1.46. The van der Waals surface area contributed by atoms with E-state index in [1.165, 1.54) is 24.6 Å². The van der Waals surface area contributed by atoms with Gasteiger partial charge in [-0.1, -0.05) is 0 Å². The minimum absolute atomic E-state index is 0.194. The molecule has 5 rings (SSSR count). The number of fused-ring (bicyclic) bond motifs is 3. The van der Waals surface area contributed by atoms with E-state index in [9.17, 15) is 0 Å². The Morgan fingerprint density at radius 1 is 1.31 bits per heavy atom. The second-order valence-electron chi connectivity index (χ2n) is 6.80. The number of nitrogen functional groups attached to an aromatic ring is 1. The van der Waals surface area contributed by atoms with Gasteiger partial charge in [-0.05, 0) is 64.0 Å². The first-order valence-corrected chi connectivity index (χ1v) is 9.20. The summed E-state index contributed by atoms with van der Waals surface area (Å²) in [5.74, 6) is 1.59. The van der Waals surface area contributed by atoms with E-state index in [2.05, 4.69) is 37.3 Å². The highest BCUT2D eigenvalue weighted by molar-refractivity contribution is 9.10. The van der Waals surface area contributed by atoms with E-state index in [1.54, 1.807) is 0 Å². The van der Waals surface area contributed by atoms with Gasteiger partial charge in [-0.15, -0.1) is 0 Å². The Morgan fingerprint density at radius 2 is 2.19 bits per heavy atom. The van der Waals surface area contributed by atoms with Crippen molar-refractivity contribution in [2.45, 2.75) is 18.4 Å². The number of nitrogens with one attached hydrogen (secondary N) is 2. The summed E-state index contributed by atoms with van der Waals surface area (Å²) >= 11 is 3.52. The lowest BCUT2D eigenvalue weighted by atomic mass is 10.0. The summed E-state index contributed by atoms with van der Waals surface area (Å²) in [4.78, 5) is 8.51. The molecular weight excluding hydrogens is 394 g/mol. The summed E-state index contributed by atoms with van der Waals surface area (Å²) in [6, 6.07) is 8.04. The van der Waals surface area contributed by atoms with Gasteiger partial charge in [-0.25, -0.2) is 4.98 Å². The molecule has 2 aliphatic rings. The standard InChI is InChI=1S/C19H16BrN5O/c20-9-3-12-11-5-13(11)19(18(12)24-6-9)25-10-1-2-15(21)14(4-10)17(22)16-7-23-8-26-16/h1-4,6-8,11,13,19,22,25H,5,21H2. The minimum Gasteiger partial charge on any atom is -0.442 e. The maximum absolute atomic E-state index is 8.34. The Kier molecular flexibility index (Phi) is 3.40. The van der Waals surface area contributed by atoms with Crippen LogP contribution < -0.4 is 11.1 Å². The van der Waals surface area contributed by atoms with Gasteiger partial charge in [-0.3, -0.25) is 10.4 Å². The first kappa shape index (κ1) is 15.6. The lowest BCUT2D eigenvalue weighted by Gasteiger charge is -2.18. The Labute approximate surface area is 158 Å². The molecule has 2 aromatic heterocycles. The quantitative estimate of drug-likeness (QED) is 0.444. The lowest BCUT2D eigenvalue weighted by Crippen LogP contribution is -2.13. The van der Waals surface area contributed by atoms with Crippen molar-refractivity contribution in [2.24, 2.45) is 5.92 Å². The SMILES string of the molecule is N=C(c1cnco1)c1cc(NC2c3ncc(Br)cc3C3CC32)ccc1N. The summed E-state index contributed by atoms with van der Waals surface area (Å²) < 4.78 is 6.26. The van der Waals surface area contributed by atoms with Crippen molar-refractivity contribution < 1.29 is 4.42 Å². The maximum atomic E-state index is 8.34. The van der Waals surface area contributed by atoms with Crippen molar-refractivity contribution in [3.63, 3.8) is 0 Å². The lowest BCUT2D eigenvalue weighted by molar-refractivity contribution is 0.548. The number of halogens is 1. The van der Waals surface area contributed by atoms with Crippen LogP contribution in [-0.2, 0) is 0 Å².